The maximum absolute atomic E-state index is 14.7. The van der Waals surface area contributed by atoms with E-state index in [1.807, 2.05) is 27.7 Å². The van der Waals surface area contributed by atoms with E-state index in [2.05, 4.69) is 25.1 Å². The first-order valence-corrected chi connectivity index (χ1v) is 17.7. The summed E-state index contributed by atoms with van der Waals surface area (Å²) < 4.78 is 44.2. The third-order valence-corrected chi connectivity index (χ3v) is 9.18. The Hall–Kier alpha value is -2.92. The molecule has 1 fully saturated rings. The van der Waals surface area contributed by atoms with E-state index in [1.165, 1.54) is 24.9 Å². The zero-order chi connectivity index (χ0) is 36.1. The van der Waals surface area contributed by atoms with E-state index >= 15 is 0 Å². The number of aliphatic hydroxyl groups excluding tert-OH is 1. The number of nitrogens with zero attached hydrogens (tertiary/aromatic N) is 4. The molecule has 0 amide bonds. The van der Waals surface area contributed by atoms with E-state index in [-0.39, 0.29) is 47.7 Å². The van der Waals surface area contributed by atoms with Gasteiger partial charge in [-0.1, -0.05) is 27.7 Å². The number of carbonyl (C=O) groups is 2. The molecule has 48 heavy (non-hydrogen) atoms. The van der Waals surface area contributed by atoms with Gasteiger partial charge in [0.15, 0.2) is 17.4 Å². The van der Waals surface area contributed by atoms with Crippen LogP contribution in [0.25, 0.3) is 11.2 Å². The van der Waals surface area contributed by atoms with Crippen LogP contribution in [0.5, 0.6) is 5.88 Å². The molecule has 7 atom stereocenters. The lowest BCUT2D eigenvalue weighted by atomic mass is 9.96. The number of ether oxygens (including phenoxy) is 4. The molecule has 6 N–H and O–H groups in total. The van der Waals surface area contributed by atoms with E-state index in [9.17, 15) is 24.4 Å². The number of nitrogens with two attached hydrogens (primary N) is 1. The molecular weight excluding hydrogens is 649 g/mol. The predicted molar refractivity (Wildman–Crippen MR) is 176 cm³/mol. The van der Waals surface area contributed by atoms with Gasteiger partial charge in [0.25, 0.3) is 0 Å². The topological polar surface area (TPSA) is 231 Å². The smallest absolute Gasteiger partial charge is 0.342 e. The highest BCUT2D eigenvalue weighted by Crippen LogP contribution is 2.45. The van der Waals surface area contributed by atoms with Crippen LogP contribution < -0.4 is 20.6 Å². The van der Waals surface area contributed by atoms with Gasteiger partial charge in [-0.2, -0.15) is 9.97 Å². The molecule has 1 saturated heterocycles. The van der Waals surface area contributed by atoms with Crippen LogP contribution in [0.1, 0.15) is 81.4 Å². The van der Waals surface area contributed by atoms with Crippen molar-refractivity contribution in [3.05, 3.63) is 6.33 Å². The summed E-state index contributed by atoms with van der Waals surface area (Å²) in [6, 6.07) is -2.18. The Bertz CT molecular complexity index is 1410. The molecule has 0 bridgehead atoms. The molecule has 1 aliphatic heterocycles. The van der Waals surface area contributed by atoms with E-state index in [0.717, 1.165) is 0 Å². The molecule has 3 rings (SSSR count). The second-order valence-corrected chi connectivity index (χ2v) is 15.4. The highest BCUT2D eigenvalue weighted by Gasteiger charge is 2.54. The molecule has 0 aliphatic carbocycles. The van der Waals surface area contributed by atoms with Gasteiger partial charge in [-0.25, -0.2) is 15.2 Å². The van der Waals surface area contributed by atoms with Gasteiger partial charge in [0.2, 0.25) is 11.8 Å². The van der Waals surface area contributed by atoms with E-state index in [0.29, 0.717) is 0 Å². The Labute approximate surface area is 281 Å². The molecule has 3 heterocycles. The molecule has 18 heteroatoms. The highest BCUT2D eigenvalue weighted by atomic mass is 31.2. The first kappa shape index (κ1) is 39.5. The summed E-state index contributed by atoms with van der Waals surface area (Å²) in [7, 11) is -2.95. The van der Waals surface area contributed by atoms with Crippen LogP contribution in [0.2, 0.25) is 0 Å². The van der Waals surface area contributed by atoms with Gasteiger partial charge in [0, 0.05) is 0 Å². The maximum Gasteiger partial charge on any atom is 0.342 e. The molecule has 2 aromatic rings. The number of esters is 2. The number of hydrogen-bond donors (Lipinski definition) is 5. The van der Waals surface area contributed by atoms with Gasteiger partial charge in [-0.15, -0.1) is 0 Å². The van der Waals surface area contributed by atoms with E-state index in [1.54, 1.807) is 27.7 Å². The number of nitrogens with one attached hydrogen (secondary N) is 2. The number of rotatable bonds is 17. The zero-order valence-electron chi connectivity index (χ0n) is 29.4. The van der Waals surface area contributed by atoms with Gasteiger partial charge in [-0.3, -0.25) is 18.7 Å². The normalized spacial score (nSPS) is 24.0. The largest absolute Gasteiger partial charge is 0.479 e. The average Bonchev–Trinajstić information content (AvgIpc) is 3.46. The Morgan fingerprint density at radius 3 is 2.00 bits per heavy atom. The van der Waals surface area contributed by atoms with Gasteiger partial charge in [-0.05, 0) is 59.3 Å². The van der Waals surface area contributed by atoms with Gasteiger partial charge < -0.3 is 39.4 Å². The lowest BCUT2D eigenvalue weighted by Crippen LogP contribution is -2.47. The van der Waals surface area contributed by atoms with Gasteiger partial charge in [0.05, 0.1) is 32.3 Å². The van der Waals surface area contributed by atoms with Crippen molar-refractivity contribution in [3.63, 3.8) is 0 Å². The quantitative estimate of drug-likeness (QED) is 0.118. The van der Waals surface area contributed by atoms with Crippen molar-refractivity contribution >= 4 is 36.7 Å². The first-order chi connectivity index (χ1) is 22.3. The molecule has 0 saturated carbocycles. The number of carbonyl (C=O) groups excluding carboxylic acids is 2. The molecule has 3 unspecified atom stereocenters. The minimum atomic E-state index is -4.34. The van der Waals surface area contributed by atoms with Crippen molar-refractivity contribution in [2.45, 2.75) is 123 Å². The molecule has 0 radical (unpaired) electrons. The first-order valence-electron chi connectivity index (χ1n) is 16.1. The Kier molecular flexibility index (Phi) is 13.3. The number of nitrogen functional groups attached to an aromatic ring is 1. The molecule has 0 aromatic carbocycles. The predicted octanol–water partition coefficient (Wildman–Crippen LogP) is 2.46. The summed E-state index contributed by atoms with van der Waals surface area (Å²) in [4.78, 5) is 38.8. The molecule has 272 valence electrons. The summed E-state index contributed by atoms with van der Waals surface area (Å²) in [5.41, 5.74) is 4.34. The number of hydrogen-bond acceptors (Lipinski definition) is 14. The monoisotopic (exact) mass is 701 g/mol. The molecule has 2 aromatic heterocycles. The van der Waals surface area contributed by atoms with Crippen molar-refractivity contribution in [1.82, 2.24) is 29.7 Å². The Morgan fingerprint density at radius 2 is 1.54 bits per heavy atom. The molecular formula is C30H52N7O10P. The summed E-state index contributed by atoms with van der Waals surface area (Å²) in [5.74, 6) is -1.37. The van der Waals surface area contributed by atoms with Gasteiger partial charge in [0.1, 0.15) is 29.9 Å². The van der Waals surface area contributed by atoms with Gasteiger partial charge >= 0.3 is 19.6 Å². The lowest BCUT2D eigenvalue weighted by molar-refractivity contribution is -0.150. The van der Waals surface area contributed by atoms with Crippen LogP contribution in [-0.4, -0.2) is 97.5 Å². The third kappa shape index (κ3) is 9.83. The van der Waals surface area contributed by atoms with E-state index in [4.69, 9.17) is 29.2 Å². The molecule has 0 spiro atoms. The summed E-state index contributed by atoms with van der Waals surface area (Å²) in [6.45, 7) is 15.1. The zero-order valence-corrected chi connectivity index (χ0v) is 30.3. The summed E-state index contributed by atoms with van der Waals surface area (Å²) >= 11 is 0. The van der Waals surface area contributed by atoms with Crippen molar-refractivity contribution in [2.75, 3.05) is 19.5 Å². The fourth-order valence-corrected chi connectivity index (χ4v) is 7.10. The van der Waals surface area contributed by atoms with Crippen LogP contribution in [0, 0.1) is 11.8 Å². The summed E-state index contributed by atoms with van der Waals surface area (Å²) in [6.07, 6.45) is -3.17. The maximum atomic E-state index is 14.7. The van der Waals surface area contributed by atoms with Crippen LogP contribution in [0.3, 0.4) is 0 Å². The average molecular weight is 702 g/mol. The SMILES string of the molecule is COc1nc(N)nc2c1ncn2C1O[C@H](COP(=O)(N[C@@H](CC(C)C)C(=O)OC(C)C)N[C@H](CC(C)C)C(=O)OC(C)C)C(O)[C@]1(C)O. The number of imidazole rings is 1. The summed E-state index contributed by atoms with van der Waals surface area (Å²) in [5, 5.41) is 28.3. The fourth-order valence-electron chi connectivity index (χ4n) is 5.27. The van der Waals surface area contributed by atoms with E-state index < -0.39 is 74.5 Å². The van der Waals surface area contributed by atoms with Crippen LogP contribution in [0.4, 0.5) is 5.95 Å². The highest BCUT2D eigenvalue weighted by molar-refractivity contribution is 7.54. The Balaban J connectivity index is 1.96. The van der Waals surface area contributed by atoms with Crippen molar-refractivity contribution < 1.29 is 47.8 Å². The number of fused-ring (bicyclic) bond motifs is 1. The minimum absolute atomic E-state index is 0.0228. The van der Waals surface area contributed by atoms with Crippen molar-refractivity contribution in [3.8, 4) is 5.88 Å². The van der Waals surface area contributed by atoms with Crippen LogP contribution >= 0.6 is 7.67 Å². The number of aliphatic hydroxyl groups is 2. The second-order valence-electron chi connectivity index (χ2n) is 13.6. The number of anilines is 1. The third-order valence-electron chi connectivity index (χ3n) is 7.37. The van der Waals surface area contributed by atoms with Crippen LogP contribution in [-0.2, 0) is 32.9 Å². The lowest BCUT2D eigenvalue weighted by Gasteiger charge is -2.31. The van der Waals surface area contributed by atoms with Crippen molar-refractivity contribution in [1.29, 1.82) is 0 Å². The van der Waals surface area contributed by atoms with Crippen molar-refractivity contribution in [2.24, 2.45) is 11.8 Å². The standard InChI is InChI=1S/C30H52N7O10P/c1-15(2)11-19(26(39)45-17(5)6)35-48(42,36-20(12-16(3)4)27(40)46-18(7)8)44-13-21-23(38)30(9,41)28(47-21)37-14-32-22-24(37)33-29(31)34-25(22)43-10/h14-21,23,28,38,41H,11-13H2,1-10H3,(H2,31,33,34)(H2,35,36,42)/t19-,20+,21-,23?,28?,30+,48?/m1/s1. The molecule has 17 nitrogen and oxygen atoms in total. The van der Waals surface area contributed by atoms with Crippen LogP contribution in [0.15, 0.2) is 6.33 Å². The molecule has 1 aliphatic rings. The number of aromatic nitrogens is 4. The fraction of sp³-hybridized carbons (Fsp3) is 0.767. The Morgan fingerprint density at radius 1 is 1.02 bits per heavy atom. The second kappa shape index (κ2) is 16.2. The number of methoxy groups -OCH3 is 1. The minimum Gasteiger partial charge on any atom is -0.479 e.